The highest BCUT2D eigenvalue weighted by Crippen LogP contribution is 2.43. The van der Waals surface area contributed by atoms with Crippen molar-refractivity contribution in [1.29, 1.82) is 0 Å². The highest BCUT2D eigenvalue weighted by molar-refractivity contribution is 7.91. The molecule has 1 saturated carbocycles. The van der Waals surface area contributed by atoms with Crippen LogP contribution in [0.4, 0.5) is 13.2 Å². The summed E-state index contributed by atoms with van der Waals surface area (Å²) in [7, 11) is -1.31. The minimum Gasteiger partial charge on any atom is -0.300 e. The second-order valence-electron chi connectivity index (χ2n) is 9.00. The maximum absolute atomic E-state index is 12.9. The topological polar surface area (TPSA) is 55.2 Å². The molecule has 0 aromatic carbocycles. The molecule has 0 amide bonds. The Labute approximate surface area is 164 Å². The smallest absolute Gasteiger partial charge is 0.300 e. The third kappa shape index (κ3) is 3.97. The van der Waals surface area contributed by atoms with Crippen molar-refractivity contribution in [2.45, 2.75) is 63.1 Å². The van der Waals surface area contributed by atoms with E-state index in [2.05, 4.69) is 10.00 Å². The number of aryl methyl sites for hydroxylation is 1. The van der Waals surface area contributed by atoms with E-state index in [1.807, 2.05) is 0 Å². The van der Waals surface area contributed by atoms with Crippen molar-refractivity contribution in [1.82, 2.24) is 14.7 Å². The first kappa shape index (κ1) is 20.2. The molecule has 0 radical (unpaired) electrons. The fraction of sp³-hybridized carbons (Fsp3) is 0.842. The number of aromatic nitrogens is 2. The van der Waals surface area contributed by atoms with Gasteiger partial charge in [0, 0.05) is 31.2 Å². The lowest BCUT2D eigenvalue weighted by atomic mass is 9.77. The van der Waals surface area contributed by atoms with Gasteiger partial charge in [0.15, 0.2) is 15.5 Å². The summed E-state index contributed by atoms with van der Waals surface area (Å²) in [6, 6.07) is 1.61. The van der Waals surface area contributed by atoms with Gasteiger partial charge in [-0.25, -0.2) is 8.42 Å². The average Bonchev–Trinajstić information content (AvgIpc) is 3.15. The van der Waals surface area contributed by atoms with Crippen LogP contribution < -0.4 is 0 Å². The van der Waals surface area contributed by atoms with Gasteiger partial charge in [-0.2, -0.15) is 18.3 Å². The monoisotopic (exact) mass is 419 g/mol. The number of hydrogen-bond acceptors (Lipinski definition) is 4. The van der Waals surface area contributed by atoms with Crippen molar-refractivity contribution in [3.63, 3.8) is 0 Å². The summed E-state index contributed by atoms with van der Waals surface area (Å²) >= 11 is 0. The van der Waals surface area contributed by atoms with Crippen LogP contribution in [0, 0.1) is 5.41 Å². The van der Waals surface area contributed by atoms with E-state index in [4.69, 9.17) is 0 Å². The van der Waals surface area contributed by atoms with Crippen molar-refractivity contribution < 1.29 is 21.6 Å². The first-order valence-corrected chi connectivity index (χ1v) is 11.9. The van der Waals surface area contributed by atoms with Crippen LogP contribution in [-0.2, 0) is 23.1 Å². The van der Waals surface area contributed by atoms with E-state index in [0.29, 0.717) is 23.2 Å². The summed E-state index contributed by atoms with van der Waals surface area (Å²) in [5, 5.41) is 3.65. The molecule has 1 atom stereocenters. The minimum absolute atomic E-state index is 0.0718. The van der Waals surface area contributed by atoms with Crippen molar-refractivity contribution in [2.75, 3.05) is 24.6 Å². The number of piperidine rings is 1. The molecule has 3 heterocycles. The zero-order valence-electron chi connectivity index (χ0n) is 16.2. The lowest BCUT2D eigenvalue weighted by Gasteiger charge is -2.45. The highest BCUT2D eigenvalue weighted by Gasteiger charge is 2.46. The van der Waals surface area contributed by atoms with E-state index in [-0.39, 0.29) is 11.3 Å². The Kier molecular flexibility index (Phi) is 5.05. The molecule has 1 aromatic heterocycles. The van der Waals surface area contributed by atoms with Gasteiger partial charge in [-0.05, 0) is 63.0 Å². The van der Waals surface area contributed by atoms with Gasteiger partial charge < -0.3 is 0 Å². The summed E-state index contributed by atoms with van der Waals surface area (Å²) < 4.78 is 64.1. The predicted molar refractivity (Wildman–Crippen MR) is 99.7 cm³/mol. The van der Waals surface area contributed by atoms with Crippen LogP contribution in [0.25, 0.3) is 0 Å². The van der Waals surface area contributed by atoms with Gasteiger partial charge >= 0.3 is 6.18 Å². The van der Waals surface area contributed by atoms with E-state index < -0.39 is 21.7 Å². The van der Waals surface area contributed by atoms with Crippen LogP contribution in [0.2, 0.25) is 0 Å². The number of nitrogens with zero attached hydrogens (tertiary/aromatic N) is 3. The molecule has 1 aliphatic carbocycles. The van der Waals surface area contributed by atoms with Gasteiger partial charge in [0.25, 0.3) is 0 Å². The molecule has 3 fully saturated rings. The molecule has 2 saturated heterocycles. The van der Waals surface area contributed by atoms with Crippen LogP contribution in [0.15, 0.2) is 6.07 Å². The highest BCUT2D eigenvalue weighted by atomic mass is 32.2. The van der Waals surface area contributed by atoms with Crippen LogP contribution in [-0.4, -0.2) is 53.7 Å². The zero-order valence-corrected chi connectivity index (χ0v) is 17.0. The summed E-state index contributed by atoms with van der Waals surface area (Å²) in [5.41, 5.74) is -0.215. The lowest BCUT2D eigenvalue weighted by Crippen LogP contribution is -2.49. The van der Waals surface area contributed by atoms with Gasteiger partial charge in [0.2, 0.25) is 0 Å². The molecule has 2 aliphatic heterocycles. The second-order valence-corrected chi connectivity index (χ2v) is 11.2. The van der Waals surface area contributed by atoms with Gasteiger partial charge in [-0.1, -0.05) is 0 Å². The van der Waals surface area contributed by atoms with Gasteiger partial charge in [0.05, 0.1) is 11.5 Å². The van der Waals surface area contributed by atoms with E-state index in [9.17, 15) is 21.6 Å². The Morgan fingerprint density at radius 2 is 1.89 bits per heavy atom. The Morgan fingerprint density at radius 3 is 2.46 bits per heavy atom. The molecule has 5 nitrogen and oxygen atoms in total. The van der Waals surface area contributed by atoms with E-state index in [0.717, 1.165) is 58.0 Å². The predicted octanol–water partition coefficient (Wildman–Crippen LogP) is 3.37. The molecule has 1 aromatic rings. The number of alkyl halides is 3. The number of sulfone groups is 1. The quantitative estimate of drug-likeness (QED) is 0.738. The molecule has 28 heavy (non-hydrogen) atoms. The molecular weight excluding hydrogens is 391 g/mol. The van der Waals surface area contributed by atoms with Gasteiger partial charge in [-0.15, -0.1) is 0 Å². The van der Waals surface area contributed by atoms with E-state index in [1.54, 1.807) is 7.05 Å². The fourth-order valence-electron chi connectivity index (χ4n) is 5.60. The molecule has 158 valence electrons. The Hall–Kier alpha value is -1.09. The third-order valence-corrected chi connectivity index (χ3v) is 8.88. The number of hydrogen-bond donors (Lipinski definition) is 0. The Bertz CT molecular complexity index is 828. The molecule has 0 bridgehead atoms. The van der Waals surface area contributed by atoms with E-state index >= 15 is 0 Å². The number of likely N-dealkylation sites (tertiary alicyclic amines) is 1. The van der Waals surface area contributed by atoms with Crippen molar-refractivity contribution >= 4 is 9.84 Å². The third-order valence-electron chi connectivity index (χ3n) is 7.00. The number of halogens is 3. The molecular formula is C19H28F3N3O2S. The second kappa shape index (κ2) is 7.00. The first-order valence-electron chi connectivity index (χ1n) is 10.1. The minimum atomic E-state index is -4.41. The van der Waals surface area contributed by atoms with Crippen molar-refractivity contribution in [2.24, 2.45) is 12.5 Å². The summed E-state index contributed by atoms with van der Waals surface area (Å²) in [5.74, 6) is 0.743. The van der Waals surface area contributed by atoms with Crippen LogP contribution in [0.5, 0.6) is 0 Å². The molecule has 0 N–H and O–H groups in total. The zero-order chi connectivity index (χ0) is 20.2. The summed E-state index contributed by atoms with van der Waals surface area (Å²) in [6.07, 6.45) is 1.99. The molecule has 4 rings (SSSR count). The summed E-state index contributed by atoms with van der Waals surface area (Å²) in [6.45, 7) is 1.85. The standard InChI is InChI=1S/C19H28F3N3O2S/c1-24-16(11-17(23-24)19(20,21)22)14-3-5-15(6-4-14)25-9-2-7-18(12-25)8-10-28(26,27)13-18/h11,14-15H,2-10,12-13H2,1H3/t14-,15-,18?. The maximum atomic E-state index is 12.9. The van der Waals surface area contributed by atoms with E-state index in [1.165, 1.54) is 10.7 Å². The van der Waals surface area contributed by atoms with Crippen molar-refractivity contribution in [3.05, 3.63) is 17.5 Å². The normalized spacial score (nSPS) is 34.1. The maximum Gasteiger partial charge on any atom is 0.435 e. The first-order chi connectivity index (χ1) is 13.1. The molecule has 1 unspecified atom stereocenters. The summed E-state index contributed by atoms with van der Waals surface area (Å²) in [4.78, 5) is 2.46. The average molecular weight is 420 g/mol. The number of rotatable bonds is 2. The Morgan fingerprint density at radius 1 is 1.18 bits per heavy atom. The fourth-order valence-corrected chi connectivity index (χ4v) is 7.80. The van der Waals surface area contributed by atoms with Gasteiger partial charge in [0.1, 0.15) is 0 Å². The molecule has 1 spiro atoms. The van der Waals surface area contributed by atoms with Crippen molar-refractivity contribution in [3.8, 4) is 0 Å². The molecule has 9 heteroatoms. The molecule has 3 aliphatic rings. The van der Waals surface area contributed by atoms with Crippen LogP contribution >= 0.6 is 0 Å². The largest absolute Gasteiger partial charge is 0.435 e. The van der Waals surface area contributed by atoms with Crippen LogP contribution in [0.3, 0.4) is 0 Å². The lowest BCUT2D eigenvalue weighted by molar-refractivity contribution is -0.141. The Balaban J connectivity index is 1.39. The SMILES string of the molecule is Cn1nc(C(F)(F)F)cc1[C@H]1CC[C@H](N2CCCC3(CCS(=O)(=O)C3)C2)CC1. The van der Waals surface area contributed by atoms with Gasteiger partial charge in [-0.3, -0.25) is 9.58 Å². The van der Waals surface area contributed by atoms with Crippen LogP contribution in [0.1, 0.15) is 62.3 Å².